The fraction of sp³-hybridized carbons (Fsp3) is 0.133. The molecule has 2 nitrogen and oxygen atoms in total. The summed E-state index contributed by atoms with van der Waals surface area (Å²) in [6.45, 7) is 0. The first-order valence-corrected chi connectivity index (χ1v) is 7.01. The van der Waals surface area contributed by atoms with Gasteiger partial charge in [-0.2, -0.15) is 0 Å². The van der Waals surface area contributed by atoms with E-state index in [2.05, 4.69) is 4.98 Å². The van der Waals surface area contributed by atoms with E-state index >= 15 is 0 Å². The monoisotopic (exact) mass is 290 g/mol. The first-order valence-electron chi connectivity index (χ1n) is 6.19. The second-order valence-electron chi connectivity index (χ2n) is 4.52. The Bertz CT molecular complexity index is 701. The summed E-state index contributed by atoms with van der Waals surface area (Å²) in [7, 11) is 0. The van der Waals surface area contributed by atoms with E-state index in [4.69, 9.17) is 5.73 Å². The number of hydrogen-bond donors (Lipinski definition) is 1. The van der Waals surface area contributed by atoms with Crippen molar-refractivity contribution in [3.63, 3.8) is 0 Å². The van der Waals surface area contributed by atoms with Crippen molar-refractivity contribution in [3.05, 3.63) is 64.7 Å². The zero-order chi connectivity index (χ0) is 14.1. The van der Waals surface area contributed by atoms with Crippen molar-refractivity contribution in [1.29, 1.82) is 0 Å². The maximum absolute atomic E-state index is 13.7. The molecule has 0 radical (unpaired) electrons. The summed E-state index contributed by atoms with van der Waals surface area (Å²) in [5.41, 5.74) is 6.74. The Morgan fingerprint density at radius 1 is 1.05 bits per heavy atom. The van der Waals surface area contributed by atoms with Crippen LogP contribution in [0.5, 0.6) is 0 Å². The standard InChI is InChI=1S/C15H12F2N2S/c16-9-4-3-5-10(17)15(9)11(18)8-14-19-12-6-1-2-7-13(12)20-14/h1-7,11H,8,18H2. The van der Waals surface area contributed by atoms with Gasteiger partial charge in [-0.25, -0.2) is 13.8 Å². The molecule has 3 aromatic rings. The summed E-state index contributed by atoms with van der Waals surface area (Å²) >= 11 is 1.50. The van der Waals surface area contributed by atoms with Gasteiger partial charge >= 0.3 is 0 Å². The van der Waals surface area contributed by atoms with E-state index in [9.17, 15) is 8.78 Å². The van der Waals surface area contributed by atoms with Crippen LogP contribution in [0.2, 0.25) is 0 Å². The lowest BCUT2D eigenvalue weighted by Crippen LogP contribution is -2.16. The smallest absolute Gasteiger partial charge is 0.130 e. The van der Waals surface area contributed by atoms with E-state index in [-0.39, 0.29) is 5.56 Å². The van der Waals surface area contributed by atoms with Crippen LogP contribution in [0.3, 0.4) is 0 Å². The van der Waals surface area contributed by atoms with Gasteiger partial charge in [0.05, 0.1) is 15.2 Å². The van der Waals surface area contributed by atoms with Crippen molar-refractivity contribution in [3.8, 4) is 0 Å². The maximum Gasteiger partial charge on any atom is 0.130 e. The van der Waals surface area contributed by atoms with Crippen LogP contribution in [-0.2, 0) is 6.42 Å². The van der Waals surface area contributed by atoms with E-state index in [1.165, 1.54) is 29.5 Å². The number of hydrogen-bond acceptors (Lipinski definition) is 3. The number of nitrogens with two attached hydrogens (primary N) is 1. The van der Waals surface area contributed by atoms with Crippen molar-refractivity contribution in [2.45, 2.75) is 12.5 Å². The summed E-state index contributed by atoms with van der Waals surface area (Å²) in [5.74, 6) is -1.22. The highest BCUT2D eigenvalue weighted by atomic mass is 32.1. The van der Waals surface area contributed by atoms with Crippen LogP contribution in [0.15, 0.2) is 42.5 Å². The van der Waals surface area contributed by atoms with E-state index < -0.39 is 17.7 Å². The van der Waals surface area contributed by atoms with E-state index in [0.717, 1.165) is 15.2 Å². The number of para-hydroxylation sites is 1. The normalized spacial score (nSPS) is 12.8. The molecule has 1 heterocycles. The molecule has 2 aromatic carbocycles. The van der Waals surface area contributed by atoms with Gasteiger partial charge in [-0.15, -0.1) is 11.3 Å². The first-order chi connectivity index (χ1) is 9.65. The highest BCUT2D eigenvalue weighted by Gasteiger charge is 2.18. The SMILES string of the molecule is NC(Cc1nc2ccccc2s1)c1c(F)cccc1F. The van der Waals surface area contributed by atoms with Crippen LogP contribution in [-0.4, -0.2) is 4.98 Å². The zero-order valence-electron chi connectivity index (χ0n) is 10.5. The molecule has 0 amide bonds. The van der Waals surface area contributed by atoms with Crippen LogP contribution in [0, 0.1) is 11.6 Å². The second kappa shape index (κ2) is 5.26. The van der Waals surface area contributed by atoms with Crippen LogP contribution in [0.25, 0.3) is 10.2 Å². The van der Waals surface area contributed by atoms with E-state index in [1.807, 2.05) is 24.3 Å². The van der Waals surface area contributed by atoms with Crippen LogP contribution in [0.4, 0.5) is 8.78 Å². The molecule has 3 rings (SSSR count). The molecule has 5 heteroatoms. The van der Waals surface area contributed by atoms with Crippen molar-refractivity contribution in [1.82, 2.24) is 4.98 Å². The number of aromatic nitrogens is 1. The lowest BCUT2D eigenvalue weighted by molar-refractivity contribution is 0.524. The largest absolute Gasteiger partial charge is 0.323 e. The molecule has 0 bridgehead atoms. The van der Waals surface area contributed by atoms with E-state index in [0.29, 0.717) is 6.42 Å². The highest BCUT2D eigenvalue weighted by molar-refractivity contribution is 7.18. The van der Waals surface area contributed by atoms with Crippen LogP contribution >= 0.6 is 11.3 Å². The summed E-state index contributed by atoms with van der Waals surface area (Å²) in [6.07, 6.45) is 0.317. The topological polar surface area (TPSA) is 38.9 Å². The Balaban J connectivity index is 1.90. The van der Waals surface area contributed by atoms with Gasteiger partial charge < -0.3 is 5.73 Å². The average Bonchev–Trinajstić information content (AvgIpc) is 2.80. The third kappa shape index (κ3) is 2.42. The van der Waals surface area contributed by atoms with Gasteiger partial charge in [-0.1, -0.05) is 18.2 Å². The molecular formula is C15H12F2N2S. The third-order valence-corrected chi connectivity index (χ3v) is 4.16. The molecule has 1 aromatic heterocycles. The number of benzene rings is 2. The fourth-order valence-corrected chi connectivity index (χ4v) is 3.19. The Kier molecular flexibility index (Phi) is 3.46. The number of fused-ring (bicyclic) bond motifs is 1. The maximum atomic E-state index is 13.7. The summed E-state index contributed by atoms with van der Waals surface area (Å²) in [5, 5.41) is 0.779. The average molecular weight is 290 g/mol. The molecule has 1 atom stereocenters. The van der Waals surface area contributed by atoms with Crippen molar-refractivity contribution >= 4 is 21.6 Å². The Morgan fingerprint density at radius 3 is 2.45 bits per heavy atom. The number of halogens is 2. The minimum absolute atomic E-state index is 0.0771. The van der Waals surface area contributed by atoms with Crippen LogP contribution < -0.4 is 5.73 Å². The third-order valence-electron chi connectivity index (χ3n) is 3.10. The molecule has 0 spiro atoms. The summed E-state index contributed by atoms with van der Waals surface area (Å²) in [4.78, 5) is 4.43. The van der Waals surface area contributed by atoms with Gasteiger partial charge in [0, 0.05) is 18.0 Å². The molecule has 0 fully saturated rings. The Labute approximate surface area is 118 Å². The van der Waals surface area contributed by atoms with Gasteiger partial charge in [-0.05, 0) is 24.3 Å². The predicted molar refractivity (Wildman–Crippen MR) is 76.6 cm³/mol. The summed E-state index contributed by atoms with van der Waals surface area (Å²) in [6, 6.07) is 10.7. The van der Waals surface area contributed by atoms with Gasteiger partial charge in [0.1, 0.15) is 11.6 Å². The van der Waals surface area contributed by atoms with Crippen LogP contribution in [0.1, 0.15) is 16.6 Å². The van der Waals surface area contributed by atoms with E-state index in [1.54, 1.807) is 0 Å². The minimum atomic E-state index is -0.739. The van der Waals surface area contributed by atoms with Gasteiger partial charge in [-0.3, -0.25) is 0 Å². The minimum Gasteiger partial charge on any atom is -0.323 e. The van der Waals surface area contributed by atoms with Gasteiger partial charge in [0.2, 0.25) is 0 Å². The lowest BCUT2D eigenvalue weighted by Gasteiger charge is -2.12. The molecule has 20 heavy (non-hydrogen) atoms. The molecule has 102 valence electrons. The molecule has 0 aliphatic rings. The first kappa shape index (κ1) is 13.1. The highest BCUT2D eigenvalue weighted by Crippen LogP contribution is 2.27. The Hall–Kier alpha value is -1.85. The lowest BCUT2D eigenvalue weighted by atomic mass is 10.0. The van der Waals surface area contributed by atoms with Gasteiger partial charge in [0.25, 0.3) is 0 Å². The number of rotatable bonds is 3. The molecule has 1 unspecified atom stereocenters. The number of nitrogens with zero attached hydrogens (tertiary/aromatic N) is 1. The molecular weight excluding hydrogens is 278 g/mol. The molecule has 0 saturated carbocycles. The summed E-state index contributed by atoms with van der Waals surface area (Å²) < 4.78 is 28.4. The molecule has 2 N–H and O–H groups in total. The number of thiazole rings is 1. The molecule has 0 aliphatic heterocycles. The second-order valence-corrected chi connectivity index (χ2v) is 5.64. The Morgan fingerprint density at radius 2 is 1.75 bits per heavy atom. The quantitative estimate of drug-likeness (QED) is 0.796. The van der Waals surface area contributed by atoms with Crippen molar-refractivity contribution < 1.29 is 8.78 Å². The van der Waals surface area contributed by atoms with Gasteiger partial charge in [0.15, 0.2) is 0 Å². The zero-order valence-corrected chi connectivity index (χ0v) is 11.3. The molecule has 0 aliphatic carbocycles. The fourth-order valence-electron chi connectivity index (χ4n) is 2.16. The predicted octanol–water partition coefficient (Wildman–Crippen LogP) is 3.82. The van der Waals surface area contributed by atoms with Crippen molar-refractivity contribution in [2.75, 3.05) is 0 Å². The van der Waals surface area contributed by atoms with Crippen molar-refractivity contribution in [2.24, 2.45) is 5.73 Å². The molecule has 0 saturated heterocycles.